The average molecular weight is 419 g/mol. The Bertz CT molecular complexity index is 803. The number of thioether (sulfide) groups is 1. The van der Waals surface area contributed by atoms with Crippen molar-refractivity contribution >= 4 is 29.3 Å². The van der Waals surface area contributed by atoms with Gasteiger partial charge in [-0.05, 0) is 36.5 Å². The number of nitrogens with one attached hydrogen (secondary N) is 2. The van der Waals surface area contributed by atoms with Crippen LogP contribution in [-0.4, -0.2) is 38.8 Å². The highest BCUT2D eigenvalue weighted by Gasteiger charge is 2.15. The number of hydrogen-bond donors (Lipinski definition) is 3. The van der Waals surface area contributed by atoms with Crippen molar-refractivity contribution in [3.63, 3.8) is 0 Å². The largest absolute Gasteiger partial charge is 0.390 e. The predicted molar refractivity (Wildman–Crippen MR) is 116 cm³/mol. The predicted octanol–water partition coefficient (Wildman–Crippen LogP) is 2.83. The Hall–Kier alpha value is -2.32. The lowest BCUT2D eigenvalue weighted by Crippen LogP contribution is -2.30. The quantitative estimate of drug-likeness (QED) is 0.488. The van der Waals surface area contributed by atoms with Crippen LogP contribution in [0.2, 0.25) is 0 Å². The van der Waals surface area contributed by atoms with Crippen molar-refractivity contribution < 1.29 is 14.7 Å². The third-order valence-corrected chi connectivity index (χ3v) is 5.38. The van der Waals surface area contributed by atoms with Gasteiger partial charge in [-0.1, -0.05) is 44.7 Å². The molecule has 7 nitrogen and oxygen atoms in total. The molecule has 0 saturated carbocycles. The molecule has 2 amide bonds. The number of aliphatic hydroxyl groups is 1. The van der Waals surface area contributed by atoms with Crippen molar-refractivity contribution in [3.05, 3.63) is 41.7 Å². The van der Waals surface area contributed by atoms with Gasteiger partial charge in [0, 0.05) is 12.2 Å². The van der Waals surface area contributed by atoms with E-state index in [1.54, 1.807) is 4.57 Å². The van der Waals surface area contributed by atoms with Crippen LogP contribution in [0.5, 0.6) is 0 Å². The normalized spacial score (nSPS) is 10.9. The van der Waals surface area contributed by atoms with Crippen LogP contribution in [-0.2, 0) is 29.2 Å². The number of imidazole rings is 1. The monoisotopic (exact) mass is 418 g/mol. The van der Waals surface area contributed by atoms with E-state index in [4.69, 9.17) is 0 Å². The van der Waals surface area contributed by atoms with E-state index in [-0.39, 0.29) is 30.7 Å². The SMILES string of the molecule is CCc1ccc(NC(=O)CSc2ncc(CO)n2CC(=O)NCCC(C)C)cc1. The van der Waals surface area contributed by atoms with Crippen LogP contribution in [0.4, 0.5) is 5.69 Å². The van der Waals surface area contributed by atoms with E-state index in [1.807, 2.05) is 24.3 Å². The molecule has 0 unspecified atom stereocenters. The van der Waals surface area contributed by atoms with E-state index in [9.17, 15) is 14.7 Å². The number of hydrogen-bond acceptors (Lipinski definition) is 5. The molecule has 2 rings (SSSR count). The van der Waals surface area contributed by atoms with Gasteiger partial charge in [0.1, 0.15) is 6.54 Å². The maximum atomic E-state index is 12.3. The van der Waals surface area contributed by atoms with Gasteiger partial charge in [-0.25, -0.2) is 4.98 Å². The summed E-state index contributed by atoms with van der Waals surface area (Å²) in [5, 5.41) is 15.8. The molecule has 0 fully saturated rings. The average Bonchev–Trinajstić information content (AvgIpc) is 3.08. The Morgan fingerprint density at radius 1 is 1.21 bits per heavy atom. The summed E-state index contributed by atoms with van der Waals surface area (Å²) in [6.07, 6.45) is 3.39. The minimum Gasteiger partial charge on any atom is -0.390 e. The van der Waals surface area contributed by atoms with Crippen LogP contribution in [0.15, 0.2) is 35.6 Å². The maximum absolute atomic E-state index is 12.3. The van der Waals surface area contributed by atoms with Gasteiger partial charge in [0.2, 0.25) is 11.8 Å². The number of aromatic nitrogens is 2. The van der Waals surface area contributed by atoms with Crippen molar-refractivity contribution in [2.75, 3.05) is 17.6 Å². The van der Waals surface area contributed by atoms with Gasteiger partial charge in [0.05, 0.1) is 24.3 Å². The van der Waals surface area contributed by atoms with Crippen molar-refractivity contribution in [1.29, 1.82) is 0 Å². The van der Waals surface area contributed by atoms with Crippen LogP contribution < -0.4 is 10.6 Å². The van der Waals surface area contributed by atoms with Gasteiger partial charge in [-0.3, -0.25) is 9.59 Å². The zero-order valence-corrected chi connectivity index (χ0v) is 18.1. The summed E-state index contributed by atoms with van der Waals surface area (Å²) in [6.45, 7) is 6.74. The van der Waals surface area contributed by atoms with Crippen molar-refractivity contribution in [3.8, 4) is 0 Å². The summed E-state index contributed by atoms with van der Waals surface area (Å²) in [6, 6.07) is 7.74. The highest BCUT2D eigenvalue weighted by molar-refractivity contribution is 7.99. The van der Waals surface area contributed by atoms with E-state index in [1.165, 1.54) is 23.5 Å². The van der Waals surface area contributed by atoms with E-state index in [2.05, 4.69) is 36.4 Å². The molecular formula is C21H30N4O3S. The molecule has 0 aliphatic rings. The summed E-state index contributed by atoms with van der Waals surface area (Å²) in [7, 11) is 0. The van der Waals surface area contributed by atoms with Gasteiger partial charge >= 0.3 is 0 Å². The first-order chi connectivity index (χ1) is 13.9. The smallest absolute Gasteiger partial charge is 0.240 e. The van der Waals surface area contributed by atoms with Gasteiger partial charge in [-0.15, -0.1) is 0 Å². The van der Waals surface area contributed by atoms with Gasteiger partial charge in [0.15, 0.2) is 5.16 Å². The van der Waals surface area contributed by atoms with Crippen molar-refractivity contribution in [2.45, 2.75) is 51.9 Å². The second kappa shape index (κ2) is 11.6. The Labute approximate surface area is 176 Å². The molecular weight excluding hydrogens is 388 g/mol. The van der Waals surface area contributed by atoms with Crippen LogP contribution in [0, 0.1) is 5.92 Å². The minimum absolute atomic E-state index is 0.0659. The zero-order valence-electron chi connectivity index (χ0n) is 17.3. The molecule has 29 heavy (non-hydrogen) atoms. The molecule has 0 aliphatic carbocycles. The summed E-state index contributed by atoms with van der Waals surface area (Å²) in [5.74, 6) is 0.382. The molecule has 0 spiro atoms. The first kappa shape index (κ1) is 23.0. The molecule has 8 heteroatoms. The summed E-state index contributed by atoms with van der Waals surface area (Å²) < 4.78 is 1.65. The number of aryl methyl sites for hydroxylation is 1. The Kier molecular flexibility index (Phi) is 9.21. The fraction of sp³-hybridized carbons (Fsp3) is 0.476. The van der Waals surface area contributed by atoms with Gasteiger partial charge in [-0.2, -0.15) is 0 Å². The fourth-order valence-electron chi connectivity index (χ4n) is 2.65. The standard InChI is InChI=1S/C21H30N4O3S/c1-4-16-5-7-17(8-6-16)24-20(28)14-29-21-23-11-18(13-26)25(21)12-19(27)22-10-9-15(2)3/h5-8,11,15,26H,4,9-10,12-14H2,1-3H3,(H,22,27)(H,24,28). The molecule has 0 atom stereocenters. The molecule has 0 saturated heterocycles. The minimum atomic E-state index is -0.219. The number of anilines is 1. The maximum Gasteiger partial charge on any atom is 0.240 e. The first-order valence-electron chi connectivity index (χ1n) is 9.86. The number of aliphatic hydroxyl groups excluding tert-OH is 1. The lowest BCUT2D eigenvalue weighted by molar-refractivity contribution is -0.121. The summed E-state index contributed by atoms with van der Waals surface area (Å²) in [5.41, 5.74) is 2.50. The summed E-state index contributed by atoms with van der Waals surface area (Å²) in [4.78, 5) is 28.7. The molecule has 1 aromatic carbocycles. The number of carbonyl (C=O) groups is 2. The molecule has 0 bridgehead atoms. The second-order valence-corrected chi connectivity index (χ2v) is 8.14. The zero-order chi connectivity index (χ0) is 21.2. The molecule has 0 aliphatic heterocycles. The van der Waals surface area contributed by atoms with Crippen LogP contribution in [0.1, 0.15) is 38.4 Å². The van der Waals surface area contributed by atoms with E-state index >= 15 is 0 Å². The number of benzene rings is 1. The van der Waals surface area contributed by atoms with Gasteiger partial charge in [0.25, 0.3) is 0 Å². The lowest BCUT2D eigenvalue weighted by atomic mass is 10.1. The van der Waals surface area contributed by atoms with Crippen LogP contribution in [0.25, 0.3) is 0 Å². The van der Waals surface area contributed by atoms with E-state index in [0.717, 1.165) is 18.5 Å². The second-order valence-electron chi connectivity index (χ2n) is 7.20. The van der Waals surface area contributed by atoms with E-state index in [0.29, 0.717) is 23.3 Å². The van der Waals surface area contributed by atoms with Crippen LogP contribution >= 0.6 is 11.8 Å². The third kappa shape index (κ3) is 7.55. The van der Waals surface area contributed by atoms with Crippen molar-refractivity contribution in [2.24, 2.45) is 5.92 Å². The Morgan fingerprint density at radius 3 is 2.55 bits per heavy atom. The topological polar surface area (TPSA) is 96.2 Å². The van der Waals surface area contributed by atoms with Gasteiger partial charge < -0.3 is 20.3 Å². The summed E-state index contributed by atoms with van der Waals surface area (Å²) >= 11 is 1.24. The third-order valence-electron chi connectivity index (χ3n) is 4.39. The first-order valence-corrected chi connectivity index (χ1v) is 10.8. The lowest BCUT2D eigenvalue weighted by Gasteiger charge is -2.12. The molecule has 2 aromatic rings. The number of carbonyl (C=O) groups excluding carboxylic acids is 2. The Balaban J connectivity index is 1.91. The molecule has 3 N–H and O–H groups in total. The molecule has 0 radical (unpaired) electrons. The highest BCUT2D eigenvalue weighted by atomic mass is 32.2. The highest BCUT2D eigenvalue weighted by Crippen LogP contribution is 2.19. The number of nitrogens with zero attached hydrogens (tertiary/aromatic N) is 2. The van der Waals surface area contributed by atoms with Crippen molar-refractivity contribution in [1.82, 2.24) is 14.9 Å². The number of amides is 2. The molecule has 1 aromatic heterocycles. The molecule has 1 heterocycles. The Morgan fingerprint density at radius 2 is 1.93 bits per heavy atom. The van der Waals surface area contributed by atoms with Crippen LogP contribution in [0.3, 0.4) is 0 Å². The molecule has 158 valence electrons. The fourth-order valence-corrected chi connectivity index (χ4v) is 3.45. The number of rotatable bonds is 11. The van der Waals surface area contributed by atoms with E-state index < -0.39 is 0 Å².